The highest BCUT2D eigenvalue weighted by molar-refractivity contribution is 5.59. The Morgan fingerprint density at radius 3 is 2.94 bits per heavy atom. The second kappa shape index (κ2) is 6.07. The van der Waals surface area contributed by atoms with Gasteiger partial charge in [0, 0.05) is 6.54 Å². The molecule has 0 saturated carbocycles. The van der Waals surface area contributed by atoms with Crippen molar-refractivity contribution in [3.63, 3.8) is 0 Å². The van der Waals surface area contributed by atoms with Gasteiger partial charge in [-0.1, -0.05) is 12.1 Å². The van der Waals surface area contributed by atoms with E-state index in [1.807, 2.05) is 38.1 Å². The van der Waals surface area contributed by atoms with Crippen LogP contribution in [0.15, 0.2) is 24.3 Å². The standard InChI is InChI=1S/C14H21NO3/c1-11(2)18-14-6-4-3-5-13(14)15-7-8-17-10-12(15)9-16/h3-6,11-12,16H,7-10H2,1-2H3. The summed E-state index contributed by atoms with van der Waals surface area (Å²) in [4.78, 5) is 2.17. The Bertz CT molecular complexity index is 381. The summed E-state index contributed by atoms with van der Waals surface area (Å²) in [5.41, 5.74) is 1.04. The summed E-state index contributed by atoms with van der Waals surface area (Å²) in [6.07, 6.45) is 0.139. The molecule has 1 unspecified atom stereocenters. The maximum Gasteiger partial charge on any atom is 0.142 e. The molecule has 0 amide bonds. The van der Waals surface area contributed by atoms with Crippen LogP contribution in [0.3, 0.4) is 0 Å². The molecule has 1 fully saturated rings. The van der Waals surface area contributed by atoms with Crippen LogP contribution >= 0.6 is 0 Å². The predicted molar refractivity (Wildman–Crippen MR) is 71.2 cm³/mol. The Kier molecular flexibility index (Phi) is 4.44. The molecule has 1 N–H and O–H groups in total. The maximum absolute atomic E-state index is 9.43. The van der Waals surface area contributed by atoms with Crippen LogP contribution in [0.5, 0.6) is 5.75 Å². The van der Waals surface area contributed by atoms with Crippen LogP contribution < -0.4 is 9.64 Å². The second-order valence-corrected chi connectivity index (χ2v) is 4.74. The molecule has 1 aromatic rings. The van der Waals surface area contributed by atoms with Crippen LogP contribution in [-0.4, -0.2) is 43.6 Å². The largest absolute Gasteiger partial charge is 0.489 e. The van der Waals surface area contributed by atoms with E-state index in [-0.39, 0.29) is 18.8 Å². The zero-order valence-electron chi connectivity index (χ0n) is 11.0. The third-order valence-corrected chi connectivity index (χ3v) is 2.98. The van der Waals surface area contributed by atoms with Crippen molar-refractivity contribution >= 4 is 5.69 Å². The molecule has 100 valence electrons. The van der Waals surface area contributed by atoms with Crippen LogP contribution in [0.2, 0.25) is 0 Å². The quantitative estimate of drug-likeness (QED) is 0.884. The molecule has 1 heterocycles. The molecule has 4 heteroatoms. The van der Waals surface area contributed by atoms with Gasteiger partial charge in [-0.2, -0.15) is 0 Å². The van der Waals surface area contributed by atoms with Crippen molar-refractivity contribution in [2.24, 2.45) is 0 Å². The molecule has 2 rings (SSSR count). The maximum atomic E-state index is 9.43. The molecular formula is C14H21NO3. The van der Waals surface area contributed by atoms with Crippen molar-refractivity contribution in [2.75, 3.05) is 31.3 Å². The van der Waals surface area contributed by atoms with Crippen molar-refractivity contribution in [1.82, 2.24) is 0 Å². The van der Waals surface area contributed by atoms with E-state index in [9.17, 15) is 5.11 Å². The Labute approximate surface area is 108 Å². The lowest BCUT2D eigenvalue weighted by Crippen LogP contribution is -2.47. The summed E-state index contributed by atoms with van der Waals surface area (Å²) in [5, 5.41) is 9.43. The molecular weight excluding hydrogens is 230 g/mol. The fourth-order valence-electron chi connectivity index (χ4n) is 2.17. The highest BCUT2D eigenvalue weighted by Gasteiger charge is 2.24. The highest BCUT2D eigenvalue weighted by Crippen LogP contribution is 2.31. The number of anilines is 1. The Morgan fingerprint density at radius 2 is 2.22 bits per heavy atom. The summed E-state index contributed by atoms with van der Waals surface area (Å²) in [7, 11) is 0. The zero-order valence-corrected chi connectivity index (χ0v) is 11.0. The minimum atomic E-state index is 0.00987. The van der Waals surface area contributed by atoms with Crippen molar-refractivity contribution < 1.29 is 14.6 Å². The van der Waals surface area contributed by atoms with Gasteiger partial charge in [-0.25, -0.2) is 0 Å². The number of nitrogens with zero attached hydrogens (tertiary/aromatic N) is 1. The van der Waals surface area contributed by atoms with Gasteiger partial charge in [-0.3, -0.25) is 0 Å². The number of para-hydroxylation sites is 2. The smallest absolute Gasteiger partial charge is 0.142 e. The van der Waals surface area contributed by atoms with Crippen molar-refractivity contribution in [1.29, 1.82) is 0 Å². The van der Waals surface area contributed by atoms with E-state index in [1.165, 1.54) is 0 Å². The average molecular weight is 251 g/mol. The average Bonchev–Trinajstić information content (AvgIpc) is 2.39. The normalized spacial score (nSPS) is 20.2. The SMILES string of the molecule is CC(C)Oc1ccccc1N1CCOCC1CO. The topological polar surface area (TPSA) is 41.9 Å². The van der Waals surface area contributed by atoms with Gasteiger partial charge < -0.3 is 19.5 Å². The van der Waals surface area contributed by atoms with Crippen molar-refractivity contribution in [2.45, 2.75) is 26.0 Å². The molecule has 0 bridgehead atoms. The number of morpholine rings is 1. The molecule has 18 heavy (non-hydrogen) atoms. The number of hydrogen-bond acceptors (Lipinski definition) is 4. The molecule has 0 aliphatic carbocycles. The molecule has 0 radical (unpaired) electrons. The molecule has 1 aromatic carbocycles. The zero-order chi connectivity index (χ0) is 13.0. The van der Waals surface area contributed by atoms with Gasteiger partial charge in [0.25, 0.3) is 0 Å². The molecule has 0 spiro atoms. The Hall–Kier alpha value is -1.26. The number of hydrogen-bond donors (Lipinski definition) is 1. The van der Waals surface area contributed by atoms with Crippen LogP contribution in [0.4, 0.5) is 5.69 Å². The lowest BCUT2D eigenvalue weighted by atomic mass is 10.2. The number of aliphatic hydroxyl groups is 1. The minimum absolute atomic E-state index is 0.00987. The first-order valence-corrected chi connectivity index (χ1v) is 6.43. The number of aliphatic hydroxyl groups excluding tert-OH is 1. The van der Waals surface area contributed by atoms with E-state index >= 15 is 0 Å². The number of ether oxygens (including phenoxy) is 2. The fourth-order valence-corrected chi connectivity index (χ4v) is 2.17. The van der Waals surface area contributed by atoms with Gasteiger partial charge in [0.2, 0.25) is 0 Å². The highest BCUT2D eigenvalue weighted by atomic mass is 16.5. The van der Waals surface area contributed by atoms with Gasteiger partial charge in [-0.05, 0) is 26.0 Å². The monoisotopic (exact) mass is 251 g/mol. The Balaban J connectivity index is 2.24. The van der Waals surface area contributed by atoms with Crippen LogP contribution in [0.1, 0.15) is 13.8 Å². The minimum Gasteiger partial charge on any atom is -0.489 e. The van der Waals surface area contributed by atoms with Gasteiger partial charge >= 0.3 is 0 Å². The first-order valence-electron chi connectivity index (χ1n) is 6.43. The lowest BCUT2D eigenvalue weighted by Gasteiger charge is -2.37. The van der Waals surface area contributed by atoms with E-state index in [4.69, 9.17) is 9.47 Å². The van der Waals surface area contributed by atoms with Crippen molar-refractivity contribution in [3.8, 4) is 5.75 Å². The molecule has 1 aliphatic heterocycles. The first kappa shape index (κ1) is 13.2. The van der Waals surface area contributed by atoms with E-state index in [0.717, 1.165) is 18.0 Å². The van der Waals surface area contributed by atoms with Gasteiger partial charge in [0.1, 0.15) is 5.75 Å². The van der Waals surface area contributed by atoms with Crippen LogP contribution in [0, 0.1) is 0 Å². The summed E-state index contributed by atoms with van der Waals surface area (Å²) in [6.45, 7) is 6.15. The molecule has 1 atom stereocenters. The molecule has 1 aliphatic rings. The van der Waals surface area contributed by atoms with E-state index < -0.39 is 0 Å². The van der Waals surface area contributed by atoms with Gasteiger partial charge in [-0.15, -0.1) is 0 Å². The van der Waals surface area contributed by atoms with Gasteiger partial charge in [0.05, 0.1) is 37.7 Å². The lowest BCUT2D eigenvalue weighted by molar-refractivity contribution is 0.0722. The van der Waals surface area contributed by atoms with Crippen molar-refractivity contribution in [3.05, 3.63) is 24.3 Å². The van der Waals surface area contributed by atoms with Gasteiger partial charge in [0.15, 0.2) is 0 Å². The Morgan fingerprint density at radius 1 is 1.44 bits per heavy atom. The second-order valence-electron chi connectivity index (χ2n) is 4.74. The van der Waals surface area contributed by atoms with Crippen LogP contribution in [-0.2, 0) is 4.74 Å². The summed E-state index contributed by atoms with van der Waals surface area (Å²) < 4.78 is 11.2. The third kappa shape index (κ3) is 2.94. The summed E-state index contributed by atoms with van der Waals surface area (Å²) in [5.74, 6) is 0.868. The fraction of sp³-hybridized carbons (Fsp3) is 0.571. The first-order chi connectivity index (χ1) is 8.72. The van der Waals surface area contributed by atoms with E-state index in [1.54, 1.807) is 0 Å². The number of benzene rings is 1. The van der Waals surface area contributed by atoms with Crippen LogP contribution in [0.25, 0.3) is 0 Å². The van der Waals surface area contributed by atoms with E-state index in [2.05, 4.69) is 4.90 Å². The summed E-state index contributed by atoms with van der Waals surface area (Å²) in [6, 6.07) is 7.98. The third-order valence-electron chi connectivity index (χ3n) is 2.98. The number of rotatable bonds is 4. The van der Waals surface area contributed by atoms with E-state index in [0.29, 0.717) is 13.2 Å². The molecule has 1 saturated heterocycles. The summed E-state index contributed by atoms with van der Waals surface area (Å²) >= 11 is 0. The molecule has 4 nitrogen and oxygen atoms in total. The predicted octanol–water partition coefficient (Wildman–Crippen LogP) is 1.67. The molecule has 0 aromatic heterocycles.